The van der Waals surface area contributed by atoms with Gasteiger partial charge in [-0.15, -0.1) is 12.4 Å². The van der Waals surface area contributed by atoms with Crippen LogP contribution in [0.5, 0.6) is 5.75 Å². The number of hydrogen-bond acceptors (Lipinski definition) is 2. The minimum atomic E-state index is 0. The number of benzene rings is 2. The van der Waals surface area contributed by atoms with Crippen LogP contribution in [0.2, 0.25) is 0 Å². The summed E-state index contributed by atoms with van der Waals surface area (Å²) in [6.45, 7) is 1.07. The standard InChI is InChI=1S/C17H21NO.ClH/c1-18(16-8-4-3-5-9-16)14-6-7-15-10-12-17(19-2)13-11-15;/h3-5,8-13H,6-7,14H2,1-2H3;1H. The van der Waals surface area contributed by atoms with E-state index in [9.17, 15) is 0 Å². The van der Waals surface area contributed by atoms with Crippen molar-refractivity contribution in [2.75, 3.05) is 25.6 Å². The summed E-state index contributed by atoms with van der Waals surface area (Å²) in [4.78, 5) is 2.30. The molecule has 0 atom stereocenters. The lowest BCUT2D eigenvalue weighted by molar-refractivity contribution is 0.414. The van der Waals surface area contributed by atoms with Crippen molar-refractivity contribution in [3.05, 3.63) is 60.2 Å². The topological polar surface area (TPSA) is 12.5 Å². The van der Waals surface area contributed by atoms with Crippen LogP contribution < -0.4 is 9.64 Å². The molecule has 0 N–H and O–H groups in total. The van der Waals surface area contributed by atoms with E-state index in [2.05, 4.69) is 54.4 Å². The smallest absolute Gasteiger partial charge is 0.118 e. The van der Waals surface area contributed by atoms with Gasteiger partial charge in [-0.25, -0.2) is 0 Å². The molecule has 108 valence electrons. The van der Waals surface area contributed by atoms with Gasteiger partial charge >= 0.3 is 0 Å². The summed E-state index contributed by atoms with van der Waals surface area (Å²) < 4.78 is 5.16. The van der Waals surface area contributed by atoms with Gasteiger partial charge in [-0.3, -0.25) is 0 Å². The first-order valence-corrected chi connectivity index (χ1v) is 6.69. The number of ether oxygens (including phenoxy) is 1. The quantitative estimate of drug-likeness (QED) is 0.791. The molecule has 0 aliphatic carbocycles. The van der Waals surface area contributed by atoms with Crippen molar-refractivity contribution in [1.82, 2.24) is 0 Å². The van der Waals surface area contributed by atoms with Crippen LogP contribution in [0.1, 0.15) is 12.0 Å². The Morgan fingerprint density at radius 1 is 0.950 bits per heavy atom. The molecular formula is C17H22ClNO. The Balaban J connectivity index is 0.00000200. The van der Waals surface area contributed by atoms with Crippen LogP contribution in [0.15, 0.2) is 54.6 Å². The van der Waals surface area contributed by atoms with Crippen molar-refractivity contribution < 1.29 is 4.74 Å². The molecule has 0 fully saturated rings. The predicted octanol–water partition coefficient (Wildman–Crippen LogP) is 4.19. The molecule has 2 nitrogen and oxygen atoms in total. The second-order valence-corrected chi connectivity index (χ2v) is 4.71. The maximum atomic E-state index is 5.16. The van der Waals surface area contributed by atoms with Gasteiger partial charge in [0.2, 0.25) is 0 Å². The molecule has 2 rings (SSSR count). The van der Waals surface area contributed by atoms with Crippen LogP contribution in [0.3, 0.4) is 0 Å². The van der Waals surface area contributed by atoms with E-state index in [-0.39, 0.29) is 12.4 Å². The maximum Gasteiger partial charge on any atom is 0.118 e. The van der Waals surface area contributed by atoms with Gasteiger partial charge in [0.15, 0.2) is 0 Å². The highest BCUT2D eigenvalue weighted by Crippen LogP contribution is 2.14. The summed E-state index contributed by atoms with van der Waals surface area (Å²) in [5.41, 5.74) is 2.64. The Kier molecular flexibility index (Phi) is 6.96. The van der Waals surface area contributed by atoms with Crippen molar-refractivity contribution in [1.29, 1.82) is 0 Å². The van der Waals surface area contributed by atoms with Gasteiger partial charge in [-0.2, -0.15) is 0 Å². The molecule has 2 aromatic rings. The number of aryl methyl sites for hydroxylation is 1. The monoisotopic (exact) mass is 291 g/mol. The summed E-state index contributed by atoms with van der Waals surface area (Å²) in [5, 5.41) is 0. The van der Waals surface area contributed by atoms with Crippen molar-refractivity contribution in [2.24, 2.45) is 0 Å². The summed E-state index contributed by atoms with van der Waals surface area (Å²) in [6, 6.07) is 18.8. The van der Waals surface area contributed by atoms with Gasteiger partial charge in [-0.1, -0.05) is 30.3 Å². The molecule has 0 unspecified atom stereocenters. The lowest BCUT2D eigenvalue weighted by Gasteiger charge is -2.19. The Bertz CT molecular complexity index is 484. The van der Waals surface area contributed by atoms with Gasteiger partial charge in [-0.05, 0) is 42.7 Å². The molecule has 0 spiro atoms. The van der Waals surface area contributed by atoms with Crippen LogP contribution in [0.4, 0.5) is 5.69 Å². The van der Waals surface area contributed by atoms with E-state index in [1.165, 1.54) is 11.3 Å². The molecule has 0 saturated carbocycles. The molecule has 20 heavy (non-hydrogen) atoms. The van der Waals surface area contributed by atoms with Crippen molar-refractivity contribution in [2.45, 2.75) is 12.8 Å². The summed E-state index contributed by atoms with van der Waals surface area (Å²) in [5.74, 6) is 0.921. The van der Waals surface area contributed by atoms with E-state index >= 15 is 0 Å². The highest BCUT2D eigenvalue weighted by molar-refractivity contribution is 5.85. The molecule has 3 heteroatoms. The van der Waals surface area contributed by atoms with Crippen molar-refractivity contribution >= 4 is 18.1 Å². The molecule has 0 saturated heterocycles. The number of nitrogens with zero attached hydrogens (tertiary/aromatic N) is 1. The molecule has 0 aromatic heterocycles. The molecule has 0 radical (unpaired) electrons. The highest BCUT2D eigenvalue weighted by atomic mass is 35.5. The molecule has 0 aliphatic rings. The van der Waals surface area contributed by atoms with Crippen LogP contribution in [0, 0.1) is 0 Å². The van der Waals surface area contributed by atoms with Gasteiger partial charge in [0.05, 0.1) is 7.11 Å². The number of hydrogen-bond donors (Lipinski definition) is 0. The zero-order valence-corrected chi connectivity index (χ0v) is 12.9. The first-order valence-electron chi connectivity index (χ1n) is 6.69. The molecule has 0 aliphatic heterocycles. The highest BCUT2D eigenvalue weighted by Gasteiger charge is 2.00. The fourth-order valence-electron chi connectivity index (χ4n) is 2.12. The Morgan fingerprint density at radius 2 is 1.60 bits per heavy atom. The van der Waals surface area contributed by atoms with Crippen LogP contribution >= 0.6 is 12.4 Å². The molecule has 0 amide bonds. The van der Waals surface area contributed by atoms with Crippen LogP contribution in [0.25, 0.3) is 0 Å². The molecule has 0 heterocycles. The third kappa shape index (κ3) is 4.78. The average Bonchev–Trinajstić information content (AvgIpc) is 2.49. The van der Waals surface area contributed by atoms with Gasteiger partial charge in [0.25, 0.3) is 0 Å². The summed E-state index contributed by atoms with van der Waals surface area (Å²) >= 11 is 0. The SMILES string of the molecule is COc1ccc(CCCN(C)c2ccccc2)cc1.Cl. The van der Waals surface area contributed by atoms with Crippen LogP contribution in [-0.4, -0.2) is 20.7 Å². The minimum Gasteiger partial charge on any atom is -0.497 e. The molecule has 0 bridgehead atoms. The Morgan fingerprint density at radius 3 is 2.20 bits per heavy atom. The van der Waals surface area contributed by atoms with Crippen molar-refractivity contribution in [3.63, 3.8) is 0 Å². The Labute approximate surface area is 127 Å². The van der Waals surface area contributed by atoms with Gasteiger partial charge in [0.1, 0.15) is 5.75 Å². The van der Waals surface area contributed by atoms with E-state index < -0.39 is 0 Å². The third-order valence-electron chi connectivity index (χ3n) is 3.31. The van der Waals surface area contributed by atoms with Crippen LogP contribution in [-0.2, 0) is 6.42 Å². The van der Waals surface area contributed by atoms with E-state index in [1.807, 2.05) is 12.1 Å². The van der Waals surface area contributed by atoms with E-state index in [4.69, 9.17) is 4.74 Å². The third-order valence-corrected chi connectivity index (χ3v) is 3.31. The van der Waals surface area contributed by atoms with Crippen molar-refractivity contribution in [3.8, 4) is 5.75 Å². The lowest BCUT2D eigenvalue weighted by atomic mass is 10.1. The van der Waals surface area contributed by atoms with E-state index in [0.717, 1.165) is 25.1 Å². The minimum absolute atomic E-state index is 0. The first-order chi connectivity index (χ1) is 9.29. The first kappa shape index (κ1) is 16.4. The number of anilines is 1. The second-order valence-electron chi connectivity index (χ2n) is 4.71. The lowest BCUT2D eigenvalue weighted by Crippen LogP contribution is -2.18. The number of rotatable bonds is 6. The predicted molar refractivity (Wildman–Crippen MR) is 88.3 cm³/mol. The summed E-state index contributed by atoms with van der Waals surface area (Å²) in [6.07, 6.45) is 2.25. The fourth-order valence-corrected chi connectivity index (χ4v) is 2.12. The van der Waals surface area contributed by atoms with E-state index in [1.54, 1.807) is 7.11 Å². The largest absolute Gasteiger partial charge is 0.497 e. The zero-order valence-electron chi connectivity index (χ0n) is 12.1. The zero-order chi connectivity index (χ0) is 13.5. The average molecular weight is 292 g/mol. The summed E-state index contributed by atoms with van der Waals surface area (Å²) in [7, 11) is 3.84. The normalized spacial score (nSPS) is 9.70. The fraction of sp³-hybridized carbons (Fsp3) is 0.294. The maximum absolute atomic E-state index is 5.16. The molecular weight excluding hydrogens is 270 g/mol. The second kappa shape index (κ2) is 8.49. The van der Waals surface area contributed by atoms with Gasteiger partial charge in [0, 0.05) is 19.3 Å². The number of halogens is 1. The molecule has 2 aromatic carbocycles. The van der Waals surface area contributed by atoms with E-state index in [0.29, 0.717) is 0 Å². The number of methoxy groups -OCH3 is 1. The Hall–Kier alpha value is -1.67. The number of para-hydroxylation sites is 1. The van der Waals surface area contributed by atoms with Gasteiger partial charge < -0.3 is 9.64 Å².